The Morgan fingerprint density at radius 2 is 2.05 bits per heavy atom. The Morgan fingerprint density at radius 1 is 1.30 bits per heavy atom. The number of ether oxygens (including phenoxy) is 1. The van der Waals surface area contributed by atoms with Crippen LogP contribution in [0.2, 0.25) is 5.02 Å². The van der Waals surface area contributed by atoms with Crippen LogP contribution in [0.4, 0.5) is 10.1 Å². The first-order chi connectivity index (χ1) is 9.51. The lowest BCUT2D eigenvalue weighted by Crippen LogP contribution is -1.92. The highest BCUT2D eigenvalue weighted by Gasteiger charge is 2.12. The highest BCUT2D eigenvalue weighted by molar-refractivity contribution is 6.31. The van der Waals surface area contributed by atoms with Gasteiger partial charge in [0.25, 0.3) is 5.69 Å². The van der Waals surface area contributed by atoms with Crippen molar-refractivity contribution >= 4 is 17.3 Å². The molecule has 0 atom stereocenters. The van der Waals surface area contributed by atoms with Crippen molar-refractivity contribution in [3.05, 3.63) is 62.9 Å². The van der Waals surface area contributed by atoms with Crippen molar-refractivity contribution in [2.75, 3.05) is 0 Å². The minimum atomic E-state index is -0.861. The fourth-order valence-corrected chi connectivity index (χ4v) is 1.68. The van der Waals surface area contributed by atoms with Crippen LogP contribution in [0.25, 0.3) is 0 Å². The van der Waals surface area contributed by atoms with Crippen molar-refractivity contribution in [3.8, 4) is 17.6 Å². The number of nitro benzene ring substituents is 1. The Bertz CT molecular complexity index is 728. The van der Waals surface area contributed by atoms with Gasteiger partial charge in [-0.1, -0.05) is 11.6 Å². The Balaban J connectivity index is 2.29. The number of nitro groups is 1. The minimum absolute atomic E-state index is 0.170. The van der Waals surface area contributed by atoms with Gasteiger partial charge in [0.2, 0.25) is 0 Å². The Morgan fingerprint density at radius 3 is 2.60 bits per heavy atom. The summed E-state index contributed by atoms with van der Waals surface area (Å²) in [5, 5.41) is 19.4. The van der Waals surface area contributed by atoms with Crippen molar-refractivity contribution in [3.63, 3.8) is 0 Å². The Hall–Kier alpha value is -2.65. The number of non-ortho nitro benzene ring substituents is 1. The molecule has 0 unspecified atom stereocenters. The second-order valence-corrected chi connectivity index (χ2v) is 4.13. The number of hydrogen-bond acceptors (Lipinski definition) is 4. The van der Waals surface area contributed by atoms with Crippen LogP contribution in [0.5, 0.6) is 11.5 Å². The van der Waals surface area contributed by atoms with Crippen molar-refractivity contribution < 1.29 is 14.1 Å². The van der Waals surface area contributed by atoms with Gasteiger partial charge in [0, 0.05) is 12.1 Å². The molecule has 0 saturated heterocycles. The van der Waals surface area contributed by atoms with Gasteiger partial charge >= 0.3 is 0 Å². The van der Waals surface area contributed by atoms with Crippen molar-refractivity contribution in [2.24, 2.45) is 0 Å². The molecule has 0 N–H and O–H groups in total. The highest BCUT2D eigenvalue weighted by atomic mass is 35.5. The van der Waals surface area contributed by atoms with E-state index < -0.39 is 10.7 Å². The summed E-state index contributed by atoms with van der Waals surface area (Å²) in [5.74, 6) is -0.808. The van der Waals surface area contributed by atoms with Gasteiger partial charge in [-0.15, -0.1) is 0 Å². The third-order valence-corrected chi connectivity index (χ3v) is 2.73. The van der Waals surface area contributed by atoms with Gasteiger partial charge < -0.3 is 4.74 Å². The zero-order valence-corrected chi connectivity index (χ0v) is 10.6. The fraction of sp³-hybridized carbons (Fsp3) is 0. The summed E-state index contributed by atoms with van der Waals surface area (Å²) in [7, 11) is 0. The summed E-state index contributed by atoms with van der Waals surface area (Å²) in [6, 6.07) is 9.17. The molecule has 2 rings (SSSR count). The average molecular weight is 293 g/mol. The van der Waals surface area contributed by atoms with Crippen LogP contribution in [-0.4, -0.2) is 4.92 Å². The van der Waals surface area contributed by atoms with E-state index in [9.17, 15) is 14.5 Å². The quantitative estimate of drug-likeness (QED) is 0.631. The van der Waals surface area contributed by atoms with Gasteiger partial charge in [-0.25, -0.2) is 4.39 Å². The number of benzene rings is 2. The molecule has 0 radical (unpaired) electrons. The fourth-order valence-electron chi connectivity index (χ4n) is 1.46. The van der Waals surface area contributed by atoms with Crippen LogP contribution in [-0.2, 0) is 0 Å². The third-order valence-electron chi connectivity index (χ3n) is 2.42. The summed E-state index contributed by atoms with van der Waals surface area (Å²) in [4.78, 5) is 9.79. The standard InChI is InChI=1S/C13H6ClFN2O3/c14-11-6-10(3-1-8(11)7-16)20-13-4-2-9(17(18)19)5-12(13)15/h1-6H. The first-order valence-electron chi connectivity index (χ1n) is 5.32. The number of nitrogens with zero attached hydrogens (tertiary/aromatic N) is 2. The molecule has 2 aromatic carbocycles. The SMILES string of the molecule is N#Cc1ccc(Oc2ccc([N+](=O)[O-])cc2F)cc1Cl. The predicted molar refractivity (Wildman–Crippen MR) is 69.3 cm³/mol. The van der Waals surface area contributed by atoms with E-state index in [0.29, 0.717) is 0 Å². The first kappa shape index (κ1) is 13.8. The molecular formula is C13H6ClFN2O3. The number of nitriles is 1. The third kappa shape index (κ3) is 2.84. The molecule has 7 heteroatoms. The Kier molecular flexibility index (Phi) is 3.82. The average Bonchev–Trinajstić information content (AvgIpc) is 2.41. The lowest BCUT2D eigenvalue weighted by molar-refractivity contribution is -0.385. The van der Waals surface area contributed by atoms with Crippen LogP contribution in [0.3, 0.4) is 0 Å². The van der Waals surface area contributed by atoms with E-state index in [1.807, 2.05) is 6.07 Å². The molecule has 2 aromatic rings. The molecular weight excluding hydrogens is 287 g/mol. The first-order valence-corrected chi connectivity index (χ1v) is 5.70. The van der Waals surface area contributed by atoms with Crippen LogP contribution in [0, 0.1) is 27.3 Å². The monoisotopic (exact) mass is 292 g/mol. The van der Waals surface area contributed by atoms with E-state index in [0.717, 1.165) is 18.2 Å². The van der Waals surface area contributed by atoms with Crippen molar-refractivity contribution in [1.82, 2.24) is 0 Å². The van der Waals surface area contributed by atoms with E-state index in [-0.39, 0.29) is 27.8 Å². The zero-order valence-electron chi connectivity index (χ0n) is 9.84. The molecule has 0 saturated carbocycles. The van der Waals surface area contributed by atoms with Crippen LogP contribution < -0.4 is 4.74 Å². The van der Waals surface area contributed by atoms with Crippen LogP contribution >= 0.6 is 11.6 Å². The van der Waals surface area contributed by atoms with E-state index in [1.165, 1.54) is 18.2 Å². The summed E-state index contributed by atoms with van der Waals surface area (Å²) in [6.45, 7) is 0. The number of halogens is 2. The summed E-state index contributed by atoms with van der Waals surface area (Å²) in [5.41, 5.74) is -0.101. The van der Waals surface area contributed by atoms with Crippen molar-refractivity contribution in [2.45, 2.75) is 0 Å². The van der Waals surface area contributed by atoms with Crippen LogP contribution in [0.15, 0.2) is 36.4 Å². The van der Waals surface area contributed by atoms with Crippen LogP contribution in [0.1, 0.15) is 5.56 Å². The van der Waals surface area contributed by atoms with Gasteiger partial charge in [0.15, 0.2) is 11.6 Å². The van der Waals surface area contributed by atoms with Gasteiger partial charge in [-0.2, -0.15) is 5.26 Å². The van der Waals surface area contributed by atoms with Gasteiger partial charge in [-0.05, 0) is 18.2 Å². The zero-order chi connectivity index (χ0) is 14.7. The lowest BCUT2D eigenvalue weighted by Gasteiger charge is -2.07. The molecule has 0 amide bonds. The maximum absolute atomic E-state index is 13.6. The van der Waals surface area contributed by atoms with Gasteiger partial charge in [0.05, 0.1) is 21.6 Å². The number of hydrogen-bond donors (Lipinski definition) is 0. The molecule has 0 aliphatic rings. The molecule has 0 aliphatic heterocycles. The van der Waals surface area contributed by atoms with E-state index >= 15 is 0 Å². The lowest BCUT2D eigenvalue weighted by atomic mass is 10.2. The molecule has 0 aromatic heterocycles. The summed E-state index contributed by atoms with van der Waals surface area (Å²) < 4.78 is 18.9. The Labute approximate surface area is 117 Å². The largest absolute Gasteiger partial charge is 0.454 e. The molecule has 100 valence electrons. The normalized spacial score (nSPS) is 9.85. The smallest absolute Gasteiger partial charge is 0.272 e. The topological polar surface area (TPSA) is 76.2 Å². The molecule has 0 fully saturated rings. The summed E-state index contributed by atoms with van der Waals surface area (Å²) in [6.07, 6.45) is 0. The van der Waals surface area contributed by atoms with Gasteiger partial charge in [0.1, 0.15) is 11.8 Å². The van der Waals surface area contributed by atoms with Gasteiger partial charge in [-0.3, -0.25) is 10.1 Å². The second kappa shape index (κ2) is 5.55. The molecule has 0 heterocycles. The maximum Gasteiger partial charge on any atom is 0.272 e. The molecule has 0 spiro atoms. The highest BCUT2D eigenvalue weighted by Crippen LogP contribution is 2.29. The number of rotatable bonds is 3. The second-order valence-electron chi connectivity index (χ2n) is 3.73. The van der Waals surface area contributed by atoms with E-state index in [4.69, 9.17) is 21.6 Å². The van der Waals surface area contributed by atoms with E-state index in [1.54, 1.807) is 0 Å². The molecule has 20 heavy (non-hydrogen) atoms. The van der Waals surface area contributed by atoms with Crippen molar-refractivity contribution in [1.29, 1.82) is 5.26 Å². The predicted octanol–water partition coefficient (Wildman–Crippen LogP) is 4.05. The summed E-state index contributed by atoms with van der Waals surface area (Å²) >= 11 is 5.82. The minimum Gasteiger partial charge on any atom is -0.454 e. The molecule has 0 aliphatic carbocycles. The maximum atomic E-state index is 13.6. The molecule has 0 bridgehead atoms. The van der Waals surface area contributed by atoms with E-state index in [2.05, 4.69) is 0 Å². The molecule has 5 nitrogen and oxygen atoms in total.